The number of hydrogen-bond donors (Lipinski definition) is 2. The van der Waals surface area contributed by atoms with E-state index in [9.17, 15) is 14.0 Å². The van der Waals surface area contributed by atoms with Crippen molar-refractivity contribution in [1.82, 2.24) is 25.4 Å². The Morgan fingerprint density at radius 3 is 2.78 bits per heavy atom. The summed E-state index contributed by atoms with van der Waals surface area (Å²) in [7, 11) is 1.68. The molecule has 0 aliphatic carbocycles. The van der Waals surface area contributed by atoms with E-state index < -0.39 is 17.8 Å². The summed E-state index contributed by atoms with van der Waals surface area (Å²) in [6, 6.07) is 9.02. The van der Waals surface area contributed by atoms with Gasteiger partial charge >= 0.3 is 6.03 Å². The first-order valence-corrected chi connectivity index (χ1v) is 8.90. The molecule has 0 saturated carbocycles. The maximum atomic E-state index is 13.9. The molecule has 2 N–H and O–H groups in total. The molecule has 0 radical (unpaired) electrons. The van der Waals surface area contributed by atoms with Crippen molar-refractivity contribution >= 4 is 23.7 Å². The number of halogens is 1. The molecule has 0 atom stereocenters. The molecule has 10 heteroatoms. The standard InChI is InChI=1S/C17H16FN5O3S/c1-23-15(12-6-2-3-7-13(12)18)21-22-17(23)27-10-14(24)20-16(25)19-9-11-5-4-8-26-11/h2-8H,9-10H2,1H3,(H2,19,20,24,25). The van der Waals surface area contributed by atoms with Gasteiger partial charge in [-0.1, -0.05) is 23.9 Å². The predicted octanol–water partition coefficient (Wildman–Crippen LogP) is 2.33. The number of aromatic nitrogens is 3. The van der Waals surface area contributed by atoms with E-state index in [0.717, 1.165) is 11.8 Å². The second kappa shape index (κ2) is 8.49. The molecule has 0 bridgehead atoms. The number of carbonyl (C=O) groups excluding carboxylic acids is 2. The first kappa shape index (κ1) is 18.6. The second-order valence-corrected chi connectivity index (χ2v) is 6.39. The minimum absolute atomic E-state index is 0.0442. The van der Waals surface area contributed by atoms with E-state index in [1.165, 1.54) is 12.3 Å². The van der Waals surface area contributed by atoms with Crippen LogP contribution in [-0.4, -0.2) is 32.5 Å². The number of nitrogens with zero attached hydrogens (tertiary/aromatic N) is 3. The predicted molar refractivity (Wildman–Crippen MR) is 96.2 cm³/mol. The Hall–Kier alpha value is -3.14. The largest absolute Gasteiger partial charge is 0.467 e. The van der Waals surface area contributed by atoms with Gasteiger partial charge < -0.3 is 14.3 Å². The second-order valence-electron chi connectivity index (χ2n) is 5.44. The zero-order valence-electron chi connectivity index (χ0n) is 14.3. The van der Waals surface area contributed by atoms with Crippen LogP contribution in [0.1, 0.15) is 5.76 Å². The summed E-state index contributed by atoms with van der Waals surface area (Å²) in [5.74, 6) is -0.0147. The van der Waals surface area contributed by atoms with E-state index in [-0.39, 0.29) is 12.3 Å². The van der Waals surface area contributed by atoms with E-state index in [2.05, 4.69) is 20.8 Å². The zero-order valence-corrected chi connectivity index (χ0v) is 15.1. The molecule has 3 aromatic rings. The first-order valence-electron chi connectivity index (χ1n) is 7.91. The van der Waals surface area contributed by atoms with Crippen molar-refractivity contribution in [3.05, 3.63) is 54.2 Å². The lowest BCUT2D eigenvalue weighted by atomic mass is 10.2. The van der Waals surface area contributed by atoms with Crippen LogP contribution >= 0.6 is 11.8 Å². The van der Waals surface area contributed by atoms with Gasteiger partial charge in [0.25, 0.3) is 0 Å². The molecule has 140 valence electrons. The molecule has 0 saturated heterocycles. The van der Waals surface area contributed by atoms with Crippen molar-refractivity contribution in [2.45, 2.75) is 11.7 Å². The number of urea groups is 1. The maximum absolute atomic E-state index is 13.9. The summed E-state index contributed by atoms with van der Waals surface area (Å²) < 4.78 is 20.6. The number of carbonyl (C=O) groups is 2. The average Bonchev–Trinajstić information content (AvgIpc) is 3.29. The van der Waals surface area contributed by atoms with Crippen molar-refractivity contribution in [1.29, 1.82) is 0 Å². The highest BCUT2D eigenvalue weighted by atomic mass is 32.2. The molecule has 0 fully saturated rings. The number of rotatable bonds is 6. The van der Waals surface area contributed by atoms with Crippen molar-refractivity contribution < 1.29 is 18.4 Å². The Labute approximate surface area is 158 Å². The van der Waals surface area contributed by atoms with Crippen molar-refractivity contribution in [3.63, 3.8) is 0 Å². The molecule has 0 unspecified atom stereocenters. The highest BCUT2D eigenvalue weighted by molar-refractivity contribution is 7.99. The highest BCUT2D eigenvalue weighted by Crippen LogP contribution is 2.24. The van der Waals surface area contributed by atoms with Crippen molar-refractivity contribution in [2.75, 3.05) is 5.75 Å². The minimum Gasteiger partial charge on any atom is -0.467 e. The Kier molecular flexibility index (Phi) is 5.87. The zero-order chi connectivity index (χ0) is 19.2. The Morgan fingerprint density at radius 1 is 1.22 bits per heavy atom. The van der Waals surface area contributed by atoms with Gasteiger partial charge in [-0.05, 0) is 24.3 Å². The lowest BCUT2D eigenvalue weighted by Crippen LogP contribution is -2.39. The highest BCUT2D eigenvalue weighted by Gasteiger charge is 2.16. The van der Waals surface area contributed by atoms with Gasteiger partial charge in [0.05, 0.1) is 24.1 Å². The SMILES string of the molecule is Cn1c(SCC(=O)NC(=O)NCc2ccco2)nnc1-c1ccccc1F. The summed E-state index contributed by atoms with van der Waals surface area (Å²) >= 11 is 1.09. The number of nitrogens with one attached hydrogen (secondary N) is 2. The smallest absolute Gasteiger partial charge is 0.321 e. The third kappa shape index (κ3) is 4.73. The number of hydrogen-bond acceptors (Lipinski definition) is 6. The van der Waals surface area contributed by atoms with E-state index in [0.29, 0.717) is 22.3 Å². The maximum Gasteiger partial charge on any atom is 0.321 e. The third-order valence-electron chi connectivity index (χ3n) is 3.54. The van der Waals surface area contributed by atoms with E-state index in [4.69, 9.17) is 4.42 Å². The summed E-state index contributed by atoms with van der Waals surface area (Å²) in [6.07, 6.45) is 1.49. The van der Waals surface area contributed by atoms with Crippen LogP contribution in [0, 0.1) is 5.82 Å². The minimum atomic E-state index is -0.623. The fraction of sp³-hybridized carbons (Fsp3) is 0.176. The molecule has 3 rings (SSSR count). The molecule has 2 heterocycles. The Balaban J connectivity index is 1.52. The van der Waals surface area contributed by atoms with Gasteiger partial charge in [-0.2, -0.15) is 0 Å². The fourth-order valence-corrected chi connectivity index (χ4v) is 2.95. The van der Waals surface area contributed by atoms with Gasteiger partial charge in [0.2, 0.25) is 5.91 Å². The molecule has 3 amide bonds. The average molecular weight is 389 g/mol. The lowest BCUT2D eigenvalue weighted by molar-refractivity contribution is -0.117. The topological polar surface area (TPSA) is 102 Å². The fourth-order valence-electron chi connectivity index (χ4n) is 2.24. The molecule has 27 heavy (non-hydrogen) atoms. The summed E-state index contributed by atoms with van der Waals surface area (Å²) in [5.41, 5.74) is 0.320. The van der Waals surface area contributed by atoms with Gasteiger partial charge in [-0.15, -0.1) is 10.2 Å². The molecule has 0 aliphatic rings. The molecule has 8 nitrogen and oxygen atoms in total. The number of furan rings is 1. The quantitative estimate of drug-likeness (QED) is 0.628. The molecule has 2 aromatic heterocycles. The lowest BCUT2D eigenvalue weighted by Gasteiger charge is -2.06. The molecule has 1 aromatic carbocycles. The van der Waals surface area contributed by atoms with Gasteiger partial charge in [0.15, 0.2) is 11.0 Å². The van der Waals surface area contributed by atoms with Gasteiger partial charge in [-0.25, -0.2) is 9.18 Å². The van der Waals surface area contributed by atoms with Gasteiger partial charge in [0, 0.05) is 7.05 Å². The van der Waals surface area contributed by atoms with E-state index in [1.54, 1.807) is 41.9 Å². The van der Waals surface area contributed by atoms with Crippen LogP contribution in [0.25, 0.3) is 11.4 Å². The Bertz CT molecular complexity index is 942. The Morgan fingerprint density at radius 2 is 2.04 bits per heavy atom. The molecule has 0 spiro atoms. The summed E-state index contributed by atoms with van der Waals surface area (Å²) in [4.78, 5) is 23.6. The van der Waals surface area contributed by atoms with Crippen LogP contribution < -0.4 is 10.6 Å². The summed E-state index contributed by atoms with van der Waals surface area (Å²) in [6.45, 7) is 0.175. The van der Waals surface area contributed by atoms with Crippen LogP contribution in [-0.2, 0) is 18.4 Å². The van der Waals surface area contributed by atoms with Crippen LogP contribution in [0.15, 0.2) is 52.2 Å². The van der Waals surface area contributed by atoms with E-state index >= 15 is 0 Å². The monoisotopic (exact) mass is 389 g/mol. The normalized spacial score (nSPS) is 10.6. The number of amides is 3. The van der Waals surface area contributed by atoms with Crippen LogP contribution in [0.2, 0.25) is 0 Å². The summed E-state index contributed by atoms with van der Waals surface area (Å²) in [5, 5.41) is 13.1. The number of imide groups is 1. The van der Waals surface area contributed by atoms with Crippen molar-refractivity contribution in [2.24, 2.45) is 7.05 Å². The number of thioether (sulfide) groups is 1. The van der Waals surface area contributed by atoms with E-state index in [1.807, 2.05) is 0 Å². The molecular weight excluding hydrogens is 373 g/mol. The molecular formula is C17H16FN5O3S. The van der Waals surface area contributed by atoms with Crippen LogP contribution in [0.5, 0.6) is 0 Å². The third-order valence-corrected chi connectivity index (χ3v) is 4.56. The van der Waals surface area contributed by atoms with Gasteiger partial charge in [-0.3, -0.25) is 10.1 Å². The molecule has 0 aliphatic heterocycles. The van der Waals surface area contributed by atoms with Crippen LogP contribution in [0.3, 0.4) is 0 Å². The van der Waals surface area contributed by atoms with Gasteiger partial charge in [0.1, 0.15) is 11.6 Å². The van der Waals surface area contributed by atoms with Crippen LogP contribution in [0.4, 0.5) is 9.18 Å². The van der Waals surface area contributed by atoms with Crippen molar-refractivity contribution in [3.8, 4) is 11.4 Å². The first-order chi connectivity index (χ1) is 13.0. The number of benzene rings is 1.